The lowest BCUT2D eigenvalue weighted by atomic mass is 10.1. The summed E-state index contributed by atoms with van der Waals surface area (Å²) < 4.78 is 0. The Bertz CT molecular complexity index is 724. The first-order chi connectivity index (χ1) is 12.8. The zero-order valence-electron chi connectivity index (χ0n) is 15.0. The Morgan fingerprint density at radius 1 is 0.500 bits per heavy atom. The molecule has 26 heavy (non-hydrogen) atoms. The van der Waals surface area contributed by atoms with Gasteiger partial charge in [-0.3, -0.25) is 0 Å². The molecule has 0 saturated carbocycles. The molecule has 0 atom stereocenters. The van der Waals surface area contributed by atoms with Crippen LogP contribution in [0.2, 0.25) is 0 Å². The van der Waals surface area contributed by atoms with E-state index in [0.717, 1.165) is 31.7 Å². The summed E-state index contributed by atoms with van der Waals surface area (Å²) in [6, 6.07) is 27.1. The van der Waals surface area contributed by atoms with Gasteiger partial charge in [0.15, 0.2) is 0 Å². The van der Waals surface area contributed by atoms with Gasteiger partial charge in [-0.25, -0.2) is 0 Å². The summed E-state index contributed by atoms with van der Waals surface area (Å²) >= 11 is 0. The molecule has 3 heteroatoms. The van der Waals surface area contributed by atoms with Gasteiger partial charge in [-0.05, 0) is 27.8 Å². The van der Waals surface area contributed by atoms with Crippen molar-refractivity contribution >= 4 is 0 Å². The van der Waals surface area contributed by atoms with Crippen LogP contribution in [0.25, 0.3) is 0 Å². The second-order valence-electron chi connectivity index (χ2n) is 6.49. The van der Waals surface area contributed by atoms with E-state index in [-0.39, 0.29) is 6.61 Å². The lowest BCUT2D eigenvalue weighted by Gasteiger charge is -2.11. The third kappa shape index (κ3) is 5.81. The highest BCUT2D eigenvalue weighted by Crippen LogP contribution is 2.12. The van der Waals surface area contributed by atoms with E-state index in [1.54, 1.807) is 0 Å². The molecule has 134 valence electrons. The van der Waals surface area contributed by atoms with Crippen LogP contribution >= 0.6 is 0 Å². The van der Waals surface area contributed by atoms with Gasteiger partial charge in [0, 0.05) is 26.2 Å². The Kier molecular flexibility index (Phi) is 6.96. The number of rotatable bonds is 9. The summed E-state index contributed by atoms with van der Waals surface area (Å²) in [6.45, 7) is 3.32. The first-order valence-corrected chi connectivity index (χ1v) is 9.05. The van der Waals surface area contributed by atoms with Crippen molar-refractivity contribution in [1.82, 2.24) is 10.6 Å². The summed E-state index contributed by atoms with van der Waals surface area (Å²) in [7, 11) is 0. The summed E-state index contributed by atoms with van der Waals surface area (Å²) in [5.74, 6) is 0. The summed E-state index contributed by atoms with van der Waals surface area (Å²) in [5.41, 5.74) is 5.90. The molecule has 0 aromatic heterocycles. The molecule has 3 nitrogen and oxygen atoms in total. The van der Waals surface area contributed by atoms with Gasteiger partial charge in [-0.2, -0.15) is 0 Å². The molecular weight excluding hydrogens is 320 g/mol. The largest absolute Gasteiger partial charge is 0.392 e. The molecule has 0 amide bonds. The number of nitrogens with one attached hydrogen (secondary N) is 2. The molecule has 3 N–H and O–H groups in total. The molecule has 3 aromatic carbocycles. The van der Waals surface area contributed by atoms with Gasteiger partial charge in [0.2, 0.25) is 0 Å². The van der Waals surface area contributed by atoms with Gasteiger partial charge in [0.25, 0.3) is 0 Å². The fourth-order valence-corrected chi connectivity index (χ4v) is 3.03. The predicted octanol–water partition coefficient (Wildman–Crippen LogP) is 3.76. The van der Waals surface area contributed by atoms with Crippen LogP contribution in [0.3, 0.4) is 0 Å². The maximum atomic E-state index is 9.55. The minimum atomic E-state index is 0.0677. The summed E-state index contributed by atoms with van der Waals surface area (Å²) in [4.78, 5) is 0. The number of hydrogen-bond acceptors (Lipinski definition) is 3. The van der Waals surface area contributed by atoms with Crippen LogP contribution in [0.4, 0.5) is 0 Å². The van der Waals surface area contributed by atoms with E-state index in [0.29, 0.717) is 0 Å². The Labute approximate surface area is 155 Å². The third-order valence-electron chi connectivity index (χ3n) is 4.30. The van der Waals surface area contributed by atoms with Crippen LogP contribution in [0.5, 0.6) is 0 Å². The predicted molar refractivity (Wildman–Crippen MR) is 106 cm³/mol. The number of aliphatic hydroxyl groups excluding tert-OH is 1. The maximum absolute atomic E-state index is 9.55. The molecule has 0 bridgehead atoms. The summed E-state index contributed by atoms with van der Waals surface area (Å²) in [6.07, 6.45) is 0. The van der Waals surface area contributed by atoms with Gasteiger partial charge in [-0.15, -0.1) is 0 Å². The van der Waals surface area contributed by atoms with Gasteiger partial charge in [0.05, 0.1) is 6.61 Å². The van der Waals surface area contributed by atoms with Crippen molar-refractivity contribution in [1.29, 1.82) is 0 Å². The molecule has 0 aliphatic heterocycles. The topological polar surface area (TPSA) is 44.3 Å². The highest BCUT2D eigenvalue weighted by atomic mass is 16.3. The molecule has 0 radical (unpaired) electrons. The average molecular weight is 346 g/mol. The van der Waals surface area contributed by atoms with Gasteiger partial charge in [0.1, 0.15) is 0 Å². The molecule has 0 heterocycles. The lowest BCUT2D eigenvalue weighted by Crippen LogP contribution is -2.15. The highest BCUT2D eigenvalue weighted by molar-refractivity contribution is 5.30. The van der Waals surface area contributed by atoms with Crippen molar-refractivity contribution < 1.29 is 5.11 Å². The Morgan fingerprint density at radius 2 is 0.885 bits per heavy atom. The molecule has 3 aromatic rings. The molecular formula is C23H26N2O. The highest BCUT2D eigenvalue weighted by Gasteiger charge is 2.02. The molecule has 3 rings (SSSR count). The van der Waals surface area contributed by atoms with Crippen molar-refractivity contribution in [3.8, 4) is 0 Å². The van der Waals surface area contributed by atoms with Gasteiger partial charge in [-0.1, -0.05) is 78.9 Å². The molecule has 0 unspecified atom stereocenters. The molecule has 0 saturated heterocycles. The molecule has 0 aliphatic rings. The third-order valence-corrected chi connectivity index (χ3v) is 4.30. The quantitative estimate of drug-likeness (QED) is 0.553. The Morgan fingerprint density at radius 3 is 1.31 bits per heavy atom. The SMILES string of the molecule is OCc1cc(CNCc2ccccc2)cc(CNCc2ccccc2)c1. The minimum Gasteiger partial charge on any atom is -0.392 e. The van der Waals surface area contributed by atoms with Crippen LogP contribution in [-0.4, -0.2) is 5.11 Å². The standard InChI is InChI=1S/C23H26N2O/c26-18-23-12-21(16-24-14-19-7-3-1-4-8-19)11-22(13-23)17-25-15-20-9-5-2-6-10-20/h1-13,24-26H,14-18H2. The first-order valence-electron chi connectivity index (χ1n) is 9.05. The fraction of sp³-hybridized carbons (Fsp3) is 0.217. The first kappa shape index (κ1) is 18.3. The van der Waals surface area contributed by atoms with Gasteiger partial charge < -0.3 is 15.7 Å². The molecule has 0 aliphatic carbocycles. The number of hydrogen-bond donors (Lipinski definition) is 3. The lowest BCUT2D eigenvalue weighted by molar-refractivity contribution is 0.281. The van der Waals surface area contributed by atoms with E-state index < -0.39 is 0 Å². The van der Waals surface area contributed by atoms with Crippen LogP contribution in [0.15, 0.2) is 78.9 Å². The zero-order chi connectivity index (χ0) is 18.0. The number of benzene rings is 3. The van der Waals surface area contributed by atoms with Crippen LogP contribution < -0.4 is 10.6 Å². The maximum Gasteiger partial charge on any atom is 0.0682 e. The van der Waals surface area contributed by atoms with E-state index >= 15 is 0 Å². The van der Waals surface area contributed by atoms with E-state index in [4.69, 9.17) is 0 Å². The Hall–Kier alpha value is -2.46. The van der Waals surface area contributed by atoms with Crippen LogP contribution in [0.1, 0.15) is 27.8 Å². The van der Waals surface area contributed by atoms with Crippen molar-refractivity contribution in [2.24, 2.45) is 0 Å². The molecule has 0 spiro atoms. The smallest absolute Gasteiger partial charge is 0.0682 e. The van der Waals surface area contributed by atoms with Crippen molar-refractivity contribution in [2.45, 2.75) is 32.8 Å². The summed E-state index contributed by atoms with van der Waals surface area (Å²) in [5, 5.41) is 16.5. The zero-order valence-corrected chi connectivity index (χ0v) is 15.0. The number of aliphatic hydroxyl groups is 1. The second-order valence-corrected chi connectivity index (χ2v) is 6.49. The van der Waals surface area contributed by atoms with Gasteiger partial charge >= 0.3 is 0 Å². The van der Waals surface area contributed by atoms with E-state index in [1.807, 2.05) is 12.1 Å². The van der Waals surface area contributed by atoms with E-state index in [1.165, 1.54) is 22.3 Å². The van der Waals surface area contributed by atoms with E-state index in [2.05, 4.69) is 77.4 Å². The van der Waals surface area contributed by atoms with Crippen LogP contribution in [0, 0.1) is 0 Å². The molecule has 0 fully saturated rings. The van der Waals surface area contributed by atoms with Crippen LogP contribution in [-0.2, 0) is 32.8 Å². The van der Waals surface area contributed by atoms with Crippen molar-refractivity contribution in [2.75, 3.05) is 0 Å². The van der Waals surface area contributed by atoms with Crippen molar-refractivity contribution in [3.05, 3.63) is 107 Å². The minimum absolute atomic E-state index is 0.0677. The van der Waals surface area contributed by atoms with Crippen molar-refractivity contribution in [3.63, 3.8) is 0 Å². The Balaban J connectivity index is 1.55. The second kappa shape index (κ2) is 9.88. The van der Waals surface area contributed by atoms with E-state index in [9.17, 15) is 5.11 Å². The average Bonchev–Trinajstić information content (AvgIpc) is 2.69. The monoisotopic (exact) mass is 346 g/mol. The fourth-order valence-electron chi connectivity index (χ4n) is 3.03. The normalized spacial score (nSPS) is 10.8.